The summed E-state index contributed by atoms with van der Waals surface area (Å²) in [6, 6.07) is 7.56. The summed E-state index contributed by atoms with van der Waals surface area (Å²) >= 11 is 0. The quantitative estimate of drug-likeness (QED) is 0.807. The molecule has 148 valence electrons. The number of hydrogen-bond donors (Lipinski definition) is 2. The first-order valence-corrected chi connectivity index (χ1v) is 10.1. The molecular formula is C21H32N4O2. The lowest BCUT2D eigenvalue weighted by atomic mass is 9.94. The standard InChI is InChI=1S/C21H32N4O2/c1-15(2)19(24-11-8-16(3)9-12-24)14-23-20(26)17-4-6-18(7-5-17)25-13-10-22-21(25)27/h4-7,15-16,19H,8-14H2,1-3H3,(H,22,27)(H,23,26)/t19-/m1/s1. The molecule has 6 nitrogen and oxygen atoms in total. The number of benzene rings is 1. The smallest absolute Gasteiger partial charge is 0.321 e. The molecule has 3 rings (SSSR count). The topological polar surface area (TPSA) is 64.7 Å². The predicted molar refractivity (Wildman–Crippen MR) is 108 cm³/mol. The van der Waals surface area contributed by atoms with Crippen molar-refractivity contribution in [3.8, 4) is 0 Å². The molecule has 0 saturated carbocycles. The lowest BCUT2D eigenvalue weighted by molar-refractivity contribution is 0.0863. The molecule has 2 N–H and O–H groups in total. The van der Waals surface area contributed by atoms with Crippen LogP contribution in [0, 0.1) is 11.8 Å². The number of rotatable bonds is 6. The molecule has 1 aromatic rings. The first kappa shape index (κ1) is 19.7. The van der Waals surface area contributed by atoms with Crippen LogP contribution in [-0.2, 0) is 0 Å². The van der Waals surface area contributed by atoms with Crippen LogP contribution in [-0.4, -0.2) is 55.6 Å². The van der Waals surface area contributed by atoms with Gasteiger partial charge in [0.05, 0.1) is 0 Å². The molecule has 0 radical (unpaired) electrons. The molecule has 2 heterocycles. The van der Waals surface area contributed by atoms with E-state index in [9.17, 15) is 9.59 Å². The van der Waals surface area contributed by atoms with Crippen molar-refractivity contribution in [2.24, 2.45) is 11.8 Å². The van der Waals surface area contributed by atoms with Gasteiger partial charge >= 0.3 is 6.03 Å². The third kappa shape index (κ3) is 4.80. The van der Waals surface area contributed by atoms with Gasteiger partial charge in [-0.25, -0.2) is 4.79 Å². The van der Waals surface area contributed by atoms with E-state index in [1.54, 1.807) is 17.0 Å². The minimum absolute atomic E-state index is 0.0524. The van der Waals surface area contributed by atoms with E-state index in [1.807, 2.05) is 12.1 Å². The van der Waals surface area contributed by atoms with Gasteiger partial charge in [0.15, 0.2) is 0 Å². The molecule has 2 fully saturated rings. The Morgan fingerprint density at radius 1 is 1.19 bits per heavy atom. The van der Waals surface area contributed by atoms with Gasteiger partial charge in [-0.15, -0.1) is 0 Å². The van der Waals surface area contributed by atoms with Crippen molar-refractivity contribution >= 4 is 17.6 Å². The van der Waals surface area contributed by atoms with Crippen LogP contribution in [0.5, 0.6) is 0 Å². The molecule has 0 aromatic heterocycles. The summed E-state index contributed by atoms with van der Waals surface area (Å²) in [6.45, 7) is 11.0. The zero-order valence-corrected chi connectivity index (χ0v) is 16.7. The van der Waals surface area contributed by atoms with Gasteiger partial charge < -0.3 is 10.6 Å². The fourth-order valence-electron chi connectivity index (χ4n) is 3.96. The van der Waals surface area contributed by atoms with Gasteiger partial charge in [-0.2, -0.15) is 0 Å². The van der Waals surface area contributed by atoms with Crippen molar-refractivity contribution in [2.75, 3.05) is 37.6 Å². The summed E-state index contributed by atoms with van der Waals surface area (Å²) in [7, 11) is 0. The van der Waals surface area contributed by atoms with Gasteiger partial charge in [0.2, 0.25) is 0 Å². The highest BCUT2D eigenvalue weighted by atomic mass is 16.2. The number of likely N-dealkylation sites (tertiary alicyclic amines) is 1. The maximum atomic E-state index is 12.6. The number of urea groups is 1. The number of piperidine rings is 1. The number of amides is 3. The first-order valence-electron chi connectivity index (χ1n) is 10.1. The Morgan fingerprint density at radius 3 is 2.41 bits per heavy atom. The average Bonchev–Trinajstić information content (AvgIpc) is 3.09. The van der Waals surface area contributed by atoms with Crippen LogP contribution in [0.25, 0.3) is 0 Å². The SMILES string of the molecule is CC1CCN([C@H](CNC(=O)c2ccc(N3CCNC3=O)cc2)C(C)C)CC1. The third-order valence-corrected chi connectivity index (χ3v) is 5.83. The van der Waals surface area contributed by atoms with E-state index in [0.29, 0.717) is 37.2 Å². The minimum Gasteiger partial charge on any atom is -0.350 e. The van der Waals surface area contributed by atoms with E-state index >= 15 is 0 Å². The van der Waals surface area contributed by atoms with E-state index in [2.05, 4.69) is 36.3 Å². The van der Waals surface area contributed by atoms with Gasteiger partial charge in [0.1, 0.15) is 0 Å². The normalized spacial score (nSPS) is 20.0. The number of nitrogens with one attached hydrogen (secondary N) is 2. The van der Waals surface area contributed by atoms with E-state index in [-0.39, 0.29) is 11.9 Å². The van der Waals surface area contributed by atoms with Gasteiger partial charge in [-0.05, 0) is 62.0 Å². The molecule has 1 aromatic carbocycles. The monoisotopic (exact) mass is 372 g/mol. The van der Waals surface area contributed by atoms with Crippen molar-refractivity contribution in [3.05, 3.63) is 29.8 Å². The second-order valence-corrected chi connectivity index (χ2v) is 8.17. The van der Waals surface area contributed by atoms with Crippen LogP contribution < -0.4 is 15.5 Å². The van der Waals surface area contributed by atoms with Gasteiger partial charge in [0.25, 0.3) is 5.91 Å². The second kappa shape index (κ2) is 8.74. The Morgan fingerprint density at radius 2 is 1.85 bits per heavy atom. The highest BCUT2D eigenvalue weighted by Gasteiger charge is 2.26. The Labute approximate surface area is 162 Å². The molecule has 0 spiro atoms. The van der Waals surface area contributed by atoms with Crippen molar-refractivity contribution < 1.29 is 9.59 Å². The van der Waals surface area contributed by atoms with Gasteiger partial charge in [-0.3, -0.25) is 14.6 Å². The highest BCUT2D eigenvalue weighted by Crippen LogP contribution is 2.21. The van der Waals surface area contributed by atoms with E-state index in [1.165, 1.54) is 12.8 Å². The Hall–Kier alpha value is -2.08. The van der Waals surface area contributed by atoms with Crippen LogP contribution in [0.4, 0.5) is 10.5 Å². The van der Waals surface area contributed by atoms with Crippen molar-refractivity contribution in [2.45, 2.75) is 39.7 Å². The molecule has 0 aliphatic carbocycles. The Kier molecular flexibility index (Phi) is 6.37. The molecule has 6 heteroatoms. The number of carbonyl (C=O) groups excluding carboxylic acids is 2. The van der Waals surface area contributed by atoms with Crippen molar-refractivity contribution in [1.82, 2.24) is 15.5 Å². The third-order valence-electron chi connectivity index (χ3n) is 5.83. The van der Waals surface area contributed by atoms with E-state index in [0.717, 1.165) is 24.7 Å². The van der Waals surface area contributed by atoms with Crippen molar-refractivity contribution in [1.29, 1.82) is 0 Å². The number of nitrogens with zero attached hydrogens (tertiary/aromatic N) is 2. The molecule has 2 saturated heterocycles. The number of hydrogen-bond acceptors (Lipinski definition) is 3. The summed E-state index contributed by atoms with van der Waals surface area (Å²) in [5.41, 5.74) is 1.46. The Balaban J connectivity index is 1.56. The minimum atomic E-state index is -0.0807. The Bertz CT molecular complexity index is 651. The molecule has 1 atom stereocenters. The zero-order chi connectivity index (χ0) is 19.4. The highest BCUT2D eigenvalue weighted by molar-refractivity contribution is 5.97. The largest absolute Gasteiger partial charge is 0.350 e. The fourth-order valence-corrected chi connectivity index (χ4v) is 3.96. The lowest BCUT2D eigenvalue weighted by Crippen LogP contribution is -2.49. The molecular weight excluding hydrogens is 340 g/mol. The van der Waals surface area contributed by atoms with Crippen LogP contribution in [0.1, 0.15) is 44.0 Å². The molecule has 3 amide bonds. The van der Waals surface area contributed by atoms with Crippen LogP contribution in [0.3, 0.4) is 0 Å². The maximum absolute atomic E-state index is 12.6. The van der Waals surface area contributed by atoms with Crippen molar-refractivity contribution in [3.63, 3.8) is 0 Å². The van der Waals surface area contributed by atoms with E-state index < -0.39 is 0 Å². The van der Waals surface area contributed by atoms with Gasteiger partial charge in [0, 0.05) is 36.9 Å². The van der Waals surface area contributed by atoms with Crippen LogP contribution >= 0.6 is 0 Å². The number of carbonyl (C=O) groups is 2. The molecule has 2 aliphatic heterocycles. The predicted octanol–water partition coefficient (Wildman–Crippen LogP) is 2.70. The molecule has 0 bridgehead atoms. The lowest BCUT2D eigenvalue weighted by Gasteiger charge is -2.38. The summed E-state index contributed by atoms with van der Waals surface area (Å²) in [4.78, 5) is 28.5. The zero-order valence-electron chi connectivity index (χ0n) is 16.7. The van der Waals surface area contributed by atoms with Crippen LogP contribution in [0.2, 0.25) is 0 Å². The van der Waals surface area contributed by atoms with E-state index in [4.69, 9.17) is 0 Å². The average molecular weight is 373 g/mol. The molecule has 2 aliphatic rings. The second-order valence-electron chi connectivity index (χ2n) is 8.17. The number of anilines is 1. The summed E-state index contributed by atoms with van der Waals surface area (Å²) in [6.07, 6.45) is 2.48. The van der Waals surface area contributed by atoms with Gasteiger partial charge in [-0.1, -0.05) is 20.8 Å². The summed E-state index contributed by atoms with van der Waals surface area (Å²) < 4.78 is 0. The summed E-state index contributed by atoms with van der Waals surface area (Å²) in [5, 5.41) is 5.90. The summed E-state index contributed by atoms with van der Waals surface area (Å²) in [5.74, 6) is 1.25. The maximum Gasteiger partial charge on any atom is 0.321 e. The molecule has 27 heavy (non-hydrogen) atoms. The first-order chi connectivity index (χ1) is 13.0. The fraction of sp³-hybridized carbons (Fsp3) is 0.619. The van der Waals surface area contributed by atoms with Crippen LogP contribution in [0.15, 0.2) is 24.3 Å². The molecule has 0 unspecified atom stereocenters.